The zero-order valence-electron chi connectivity index (χ0n) is 5.52. The van der Waals surface area contributed by atoms with Crippen molar-refractivity contribution in [2.45, 2.75) is 26.7 Å². The summed E-state index contributed by atoms with van der Waals surface area (Å²) in [5.74, 6) is 0.412. The standard InChI is InChI=1S/C7H13O/c1-3-5-7(8)6-4-2/h5-6,8H,3-4H2,1-2H3/b7-5-. The van der Waals surface area contributed by atoms with Crippen LogP contribution in [0, 0.1) is 6.42 Å². The quantitative estimate of drug-likeness (QED) is 0.557. The van der Waals surface area contributed by atoms with Gasteiger partial charge in [0.1, 0.15) is 0 Å². The Balaban J connectivity index is 3.29. The molecule has 0 aliphatic heterocycles. The predicted molar refractivity (Wildman–Crippen MR) is 35.6 cm³/mol. The molecule has 0 amide bonds. The second kappa shape index (κ2) is 4.69. The van der Waals surface area contributed by atoms with E-state index >= 15 is 0 Å². The molecule has 0 fully saturated rings. The van der Waals surface area contributed by atoms with Crippen molar-refractivity contribution in [2.75, 3.05) is 0 Å². The van der Waals surface area contributed by atoms with Gasteiger partial charge in [-0.15, -0.1) is 0 Å². The van der Waals surface area contributed by atoms with E-state index in [1.54, 1.807) is 12.5 Å². The van der Waals surface area contributed by atoms with Crippen LogP contribution in [-0.4, -0.2) is 5.11 Å². The Kier molecular flexibility index (Phi) is 4.42. The van der Waals surface area contributed by atoms with Gasteiger partial charge in [0.15, 0.2) is 0 Å². The van der Waals surface area contributed by atoms with Crippen molar-refractivity contribution in [1.82, 2.24) is 0 Å². The van der Waals surface area contributed by atoms with Gasteiger partial charge in [-0.2, -0.15) is 0 Å². The molecule has 0 aromatic carbocycles. The fourth-order valence-corrected chi connectivity index (χ4v) is 0.502. The number of hydrogen-bond donors (Lipinski definition) is 1. The van der Waals surface area contributed by atoms with Crippen LogP contribution >= 0.6 is 0 Å². The molecule has 0 unspecified atom stereocenters. The highest BCUT2D eigenvalue weighted by atomic mass is 16.3. The lowest BCUT2D eigenvalue weighted by atomic mass is 10.2. The first-order chi connectivity index (χ1) is 3.81. The first-order valence-corrected chi connectivity index (χ1v) is 3.03. The fraction of sp³-hybridized carbons (Fsp3) is 0.571. The second-order valence-electron chi connectivity index (χ2n) is 1.65. The molecular formula is C7H13O. The van der Waals surface area contributed by atoms with Gasteiger partial charge >= 0.3 is 0 Å². The summed E-state index contributed by atoms with van der Waals surface area (Å²) in [7, 11) is 0. The molecule has 0 saturated heterocycles. The van der Waals surface area contributed by atoms with Crippen LogP contribution in [0.25, 0.3) is 0 Å². The molecule has 1 nitrogen and oxygen atoms in total. The van der Waals surface area contributed by atoms with Crippen molar-refractivity contribution in [3.63, 3.8) is 0 Å². The monoisotopic (exact) mass is 113 g/mol. The maximum absolute atomic E-state index is 8.85. The summed E-state index contributed by atoms with van der Waals surface area (Å²) in [5, 5.41) is 8.85. The van der Waals surface area contributed by atoms with E-state index in [2.05, 4.69) is 0 Å². The highest BCUT2D eigenvalue weighted by Gasteiger charge is 1.86. The number of allylic oxidation sites excluding steroid dienone is 2. The van der Waals surface area contributed by atoms with E-state index in [9.17, 15) is 0 Å². The molecular weight excluding hydrogens is 100 g/mol. The second-order valence-corrected chi connectivity index (χ2v) is 1.65. The average molecular weight is 113 g/mol. The summed E-state index contributed by atoms with van der Waals surface area (Å²) in [6.45, 7) is 4.00. The summed E-state index contributed by atoms with van der Waals surface area (Å²) in [6.07, 6.45) is 5.40. The van der Waals surface area contributed by atoms with Gasteiger partial charge < -0.3 is 5.11 Å². The van der Waals surface area contributed by atoms with Gasteiger partial charge in [-0.25, -0.2) is 0 Å². The summed E-state index contributed by atoms with van der Waals surface area (Å²) < 4.78 is 0. The molecule has 0 aromatic heterocycles. The fourth-order valence-electron chi connectivity index (χ4n) is 0.502. The Labute approximate surface area is 51.0 Å². The van der Waals surface area contributed by atoms with E-state index in [0.29, 0.717) is 5.76 Å². The normalized spacial score (nSPS) is 12.0. The Morgan fingerprint density at radius 3 is 2.38 bits per heavy atom. The Morgan fingerprint density at radius 1 is 1.38 bits per heavy atom. The molecule has 0 rings (SSSR count). The Bertz CT molecular complexity index is 74.5. The van der Waals surface area contributed by atoms with Crippen LogP contribution in [0.4, 0.5) is 0 Å². The Morgan fingerprint density at radius 2 is 2.00 bits per heavy atom. The van der Waals surface area contributed by atoms with Crippen LogP contribution in [-0.2, 0) is 0 Å². The molecule has 47 valence electrons. The third-order valence-electron chi connectivity index (χ3n) is 0.827. The van der Waals surface area contributed by atoms with E-state index in [1.807, 2.05) is 13.8 Å². The van der Waals surface area contributed by atoms with Crippen molar-refractivity contribution in [1.29, 1.82) is 0 Å². The summed E-state index contributed by atoms with van der Waals surface area (Å²) in [5.41, 5.74) is 0. The molecule has 0 spiro atoms. The molecule has 0 aromatic rings. The number of aliphatic hydroxyl groups is 1. The molecule has 0 aliphatic rings. The third-order valence-corrected chi connectivity index (χ3v) is 0.827. The van der Waals surface area contributed by atoms with Crippen LogP contribution in [0.5, 0.6) is 0 Å². The lowest BCUT2D eigenvalue weighted by molar-refractivity contribution is 0.415. The summed E-state index contributed by atoms with van der Waals surface area (Å²) >= 11 is 0. The predicted octanol–water partition coefficient (Wildman–Crippen LogP) is 2.45. The van der Waals surface area contributed by atoms with Crippen LogP contribution < -0.4 is 0 Å². The molecule has 0 atom stereocenters. The lowest BCUT2D eigenvalue weighted by Crippen LogP contribution is -1.78. The topological polar surface area (TPSA) is 20.2 Å². The van der Waals surface area contributed by atoms with Crippen molar-refractivity contribution >= 4 is 0 Å². The van der Waals surface area contributed by atoms with Gasteiger partial charge in [-0.1, -0.05) is 13.8 Å². The maximum atomic E-state index is 8.85. The first-order valence-electron chi connectivity index (χ1n) is 3.03. The SMILES string of the molecule is CC[CH]/C(O)=C/CC. The van der Waals surface area contributed by atoms with Gasteiger partial charge in [0.2, 0.25) is 0 Å². The minimum Gasteiger partial charge on any atom is -0.512 e. The van der Waals surface area contributed by atoms with E-state index in [1.165, 1.54) is 0 Å². The largest absolute Gasteiger partial charge is 0.512 e. The van der Waals surface area contributed by atoms with Gasteiger partial charge in [-0.05, 0) is 18.9 Å². The Hall–Kier alpha value is -0.460. The van der Waals surface area contributed by atoms with Crippen molar-refractivity contribution in [2.24, 2.45) is 0 Å². The van der Waals surface area contributed by atoms with E-state index in [-0.39, 0.29) is 0 Å². The first kappa shape index (κ1) is 7.54. The van der Waals surface area contributed by atoms with Crippen molar-refractivity contribution in [3.05, 3.63) is 18.3 Å². The highest BCUT2D eigenvalue weighted by Crippen LogP contribution is 1.98. The third kappa shape index (κ3) is 3.72. The van der Waals surface area contributed by atoms with Crippen LogP contribution in [0.2, 0.25) is 0 Å². The molecule has 0 heterocycles. The smallest absolute Gasteiger partial charge is 0.0920 e. The van der Waals surface area contributed by atoms with Crippen LogP contribution in [0.1, 0.15) is 26.7 Å². The van der Waals surface area contributed by atoms with Gasteiger partial charge in [-0.3, -0.25) is 0 Å². The molecule has 0 bridgehead atoms. The molecule has 8 heavy (non-hydrogen) atoms. The maximum Gasteiger partial charge on any atom is 0.0920 e. The zero-order chi connectivity index (χ0) is 6.41. The lowest BCUT2D eigenvalue weighted by Gasteiger charge is -1.91. The zero-order valence-corrected chi connectivity index (χ0v) is 5.52. The van der Waals surface area contributed by atoms with Crippen molar-refractivity contribution in [3.8, 4) is 0 Å². The summed E-state index contributed by atoms with van der Waals surface area (Å²) in [4.78, 5) is 0. The number of aliphatic hydroxyl groups excluding tert-OH is 1. The average Bonchev–Trinajstić information content (AvgIpc) is 1.68. The van der Waals surface area contributed by atoms with Gasteiger partial charge in [0.25, 0.3) is 0 Å². The molecule has 1 radical (unpaired) electrons. The minimum absolute atomic E-state index is 0.412. The van der Waals surface area contributed by atoms with E-state index in [0.717, 1.165) is 12.8 Å². The molecule has 0 aliphatic carbocycles. The molecule has 0 saturated carbocycles. The molecule has 1 heteroatoms. The van der Waals surface area contributed by atoms with Gasteiger partial charge in [0.05, 0.1) is 5.76 Å². The highest BCUT2D eigenvalue weighted by molar-refractivity contribution is 5.01. The minimum atomic E-state index is 0.412. The van der Waals surface area contributed by atoms with Gasteiger partial charge in [0, 0.05) is 6.42 Å². The van der Waals surface area contributed by atoms with Crippen LogP contribution in [0.3, 0.4) is 0 Å². The van der Waals surface area contributed by atoms with E-state index < -0.39 is 0 Å². The number of hydrogen-bond acceptors (Lipinski definition) is 1. The van der Waals surface area contributed by atoms with Crippen LogP contribution in [0.15, 0.2) is 11.8 Å². The molecule has 1 N–H and O–H groups in total. The van der Waals surface area contributed by atoms with E-state index in [4.69, 9.17) is 5.11 Å². The summed E-state index contributed by atoms with van der Waals surface area (Å²) in [6, 6.07) is 0. The van der Waals surface area contributed by atoms with Crippen molar-refractivity contribution < 1.29 is 5.11 Å². The number of rotatable bonds is 3.